The number of carbonyl (C=O) groups excluding carboxylic acids is 3. The number of nitrogens with one attached hydrogen (secondary N) is 2. The van der Waals surface area contributed by atoms with Gasteiger partial charge in [0, 0.05) is 24.9 Å². The Balaban J connectivity index is 1.56. The van der Waals surface area contributed by atoms with E-state index in [1.54, 1.807) is 4.90 Å². The van der Waals surface area contributed by atoms with Gasteiger partial charge in [-0.1, -0.05) is 42.7 Å². The second-order valence-corrected chi connectivity index (χ2v) is 10.6. The SMILES string of the molecule is CC(=O)Nc1c2n(c3ccccc13)CC(C)(C(=O)NC1CCCC1)N(CCC1=CCCCC1)C2=O. The molecule has 3 aliphatic rings. The highest BCUT2D eigenvalue weighted by Gasteiger charge is 2.49. The molecule has 7 heteroatoms. The summed E-state index contributed by atoms with van der Waals surface area (Å²) < 4.78 is 1.94. The highest BCUT2D eigenvalue weighted by Crippen LogP contribution is 2.39. The number of anilines is 1. The molecule has 186 valence electrons. The van der Waals surface area contributed by atoms with Crippen LogP contribution in [0.25, 0.3) is 10.9 Å². The molecule has 1 unspecified atom stereocenters. The lowest BCUT2D eigenvalue weighted by molar-refractivity contribution is -0.133. The van der Waals surface area contributed by atoms with Crippen molar-refractivity contribution in [3.63, 3.8) is 0 Å². The Morgan fingerprint density at radius 3 is 2.60 bits per heavy atom. The second-order valence-electron chi connectivity index (χ2n) is 10.6. The van der Waals surface area contributed by atoms with Crippen molar-refractivity contribution in [3.05, 3.63) is 41.6 Å². The fourth-order valence-electron chi connectivity index (χ4n) is 6.08. The Bertz CT molecular complexity index is 1190. The van der Waals surface area contributed by atoms with Crippen molar-refractivity contribution >= 4 is 34.3 Å². The first-order chi connectivity index (χ1) is 16.9. The molecule has 1 fully saturated rings. The average molecular weight is 477 g/mol. The van der Waals surface area contributed by atoms with Gasteiger partial charge in [-0.15, -0.1) is 0 Å². The van der Waals surface area contributed by atoms with Crippen molar-refractivity contribution in [3.8, 4) is 0 Å². The van der Waals surface area contributed by atoms with E-state index >= 15 is 0 Å². The van der Waals surface area contributed by atoms with E-state index < -0.39 is 5.54 Å². The highest BCUT2D eigenvalue weighted by molar-refractivity contribution is 6.14. The maximum atomic E-state index is 14.2. The number of carbonyl (C=O) groups is 3. The van der Waals surface area contributed by atoms with Crippen LogP contribution in [0.2, 0.25) is 0 Å². The van der Waals surface area contributed by atoms with Gasteiger partial charge in [-0.3, -0.25) is 14.4 Å². The van der Waals surface area contributed by atoms with Crippen molar-refractivity contribution in [1.29, 1.82) is 0 Å². The van der Waals surface area contributed by atoms with E-state index in [0.717, 1.165) is 55.8 Å². The molecule has 3 amide bonds. The molecule has 2 heterocycles. The number of hydrogen-bond donors (Lipinski definition) is 2. The lowest BCUT2D eigenvalue weighted by Gasteiger charge is -2.45. The topological polar surface area (TPSA) is 83.4 Å². The second kappa shape index (κ2) is 9.51. The number of amides is 3. The first kappa shape index (κ1) is 23.6. The molecular weight excluding hydrogens is 440 g/mol. The van der Waals surface area contributed by atoms with Gasteiger partial charge in [-0.05, 0) is 57.9 Å². The van der Waals surface area contributed by atoms with Crippen LogP contribution in [-0.2, 0) is 16.1 Å². The summed E-state index contributed by atoms with van der Waals surface area (Å²) in [6, 6.07) is 7.88. The lowest BCUT2D eigenvalue weighted by atomic mass is 9.92. The fourth-order valence-corrected chi connectivity index (χ4v) is 6.08. The van der Waals surface area contributed by atoms with Crippen molar-refractivity contribution in [1.82, 2.24) is 14.8 Å². The smallest absolute Gasteiger partial charge is 0.273 e. The van der Waals surface area contributed by atoms with E-state index in [9.17, 15) is 14.4 Å². The molecule has 1 saturated carbocycles. The lowest BCUT2D eigenvalue weighted by Crippen LogP contribution is -2.65. The number of para-hydroxylation sites is 1. The van der Waals surface area contributed by atoms with Crippen molar-refractivity contribution in [2.45, 2.75) is 89.8 Å². The van der Waals surface area contributed by atoms with Crippen molar-refractivity contribution in [2.24, 2.45) is 0 Å². The maximum absolute atomic E-state index is 14.2. The van der Waals surface area contributed by atoms with Gasteiger partial charge in [0.05, 0.1) is 17.7 Å². The molecule has 0 spiro atoms. The minimum atomic E-state index is -1.02. The zero-order valence-corrected chi connectivity index (χ0v) is 20.9. The third-order valence-electron chi connectivity index (χ3n) is 8.00. The minimum absolute atomic E-state index is 0.0834. The Hall–Kier alpha value is -3.09. The van der Waals surface area contributed by atoms with E-state index in [1.807, 2.05) is 35.8 Å². The predicted molar refractivity (Wildman–Crippen MR) is 137 cm³/mol. The summed E-state index contributed by atoms with van der Waals surface area (Å²) >= 11 is 0. The number of rotatable bonds is 6. The number of nitrogens with zero attached hydrogens (tertiary/aromatic N) is 2. The molecule has 0 radical (unpaired) electrons. The normalized spacial score (nSPS) is 22.7. The van der Waals surface area contributed by atoms with Crippen molar-refractivity contribution in [2.75, 3.05) is 11.9 Å². The first-order valence-corrected chi connectivity index (χ1v) is 13.1. The minimum Gasteiger partial charge on any atom is -0.351 e. The molecule has 0 saturated heterocycles. The third kappa shape index (κ3) is 4.37. The molecule has 1 aromatic carbocycles. The van der Waals surface area contributed by atoms with E-state index in [1.165, 1.54) is 25.3 Å². The van der Waals surface area contributed by atoms with Crippen LogP contribution in [0, 0.1) is 0 Å². The van der Waals surface area contributed by atoms with Gasteiger partial charge in [-0.25, -0.2) is 0 Å². The van der Waals surface area contributed by atoms with Crippen LogP contribution in [0.5, 0.6) is 0 Å². The standard InChI is InChI=1S/C28H36N4O3/c1-19(33)29-24-22-14-8-9-15-23(22)31-18-28(2,27(35)30-21-12-6-7-13-21)32(26(34)25(24)31)17-16-20-10-4-3-5-11-20/h8-10,14-15,21H,3-7,11-13,16-18H2,1-2H3,(H,29,33)(H,30,35). The Morgan fingerprint density at radius 2 is 1.89 bits per heavy atom. The Labute approximate surface area is 206 Å². The van der Waals surface area contributed by atoms with Gasteiger partial charge in [-0.2, -0.15) is 0 Å². The van der Waals surface area contributed by atoms with Crippen LogP contribution in [0.15, 0.2) is 35.9 Å². The molecule has 2 aromatic rings. The number of benzene rings is 1. The molecule has 2 N–H and O–H groups in total. The zero-order chi connectivity index (χ0) is 24.6. The maximum Gasteiger partial charge on any atom is 0.273 e. The summed E-state index contributed by atoms with van der Waals surface area (Å²) in [5.74, 6) is -0.500. The summed E-state index contributed by atoms with van der Waals surface area (Å²) in [7, 11) is 0. The molecule has 7 nitrogen and oxygen atoms in total. The molecule has 1 atom stereocenters. The molecule has 5 rings (SSSR count). The quantitative estimate of drug-likeness (QED) is 0.590. The van der Waals surface area contributed by atoms with Crippen LogP contribution >= 0.6 is 0 Å². The van der Waals surface area contributed by atoms with E-state index in [4.69, 9.17) is 0 Å². The van der Waals surface area contributed by atoms with Gasteiger partial charge in [0.2, 0.25) is 11.8 Å². The van der Waals surface area contributed by atoms with Gasteiger partial charge >= 0.3 is 0 Å². The van der Waals surface area contributed by atoms with Crippen LogP contribution in [0.1, 0.15) is 82.1 Å². The van der Waals surface area contributed by atoms with E-state index in [-0.39, 0.29) is 23.8 Å². The Morgan fingerprint density at radius 1 is 1.11 bits per heavy atom. The molecule has 2 aliphatic carbocycles. The number of allylic oxidation sites excluding steroid dienone is 1. The van der Waals surface area contributed by atoms with E-state index in [0.29, 0.717) is 24.5 Å². The molecule has 1 aliphatic heterocycles. The van der Waals surface area contributed by atoms with E-state index in [2.05, 4.69) is 16.7 Å². The average Bonchev–Trinajstić information content (AvgIpc) is 3.46. The van der Waals surface area contributed by atoms with Crippen molar-refractivity contribution < 1.29 is 14.4 Å². The summed E-state index contributed by atoms with van der Waals surface area (Å²) in [5, 5.41) is 6.99. The fraction of sp³-hybridized carbons (Fsp3) is 0.536. The first-order valence-electron chi connectivity index (χ1n) is 13.1. The largest absolute Gasteiger partial charge is 0.351 e. The van der Waals surface area contributed by atoms with Gasteiger partial charge in [0.25, 0.3) is 5.91 Å². The summed E-state index contributed by atoms with van der Waals surface area (Å²) in [5.41, 5.74) is 2.21. The number of aromatic nitrogens is 1. The predicted octanol–water partition coefficient (Wildman–Crippen LogP) is 4.76. The third-order valence-corrected chi connectivity index (χ3v) is 8.00. The van der Waals surface area contributed by atoms with Crippen LogP contribution in [-0.4, -0.2) is 45.3 Å². The van der Waals surface area contributed by atoms with Crippen LogP contribution in [0.4, 0.5) is 5.69 Å². The molecule has 0 bridgehead atoms. The number of fused-ring (bicyclic) bond motifs is 3. The summed E-state index contributed by atoms with van der Waals surface area (Å²) in [6.45, 7) is 4.20. The molecule has 35 heavy (non-hydrogen) atoms. The summed E-state index contributed by atoms with van der Waals surface area (Å²) in [4.78, 5) is 41.8. The zero-order valence-electron chi connectivity index (χ0n) is 20.9. The molecular formula is C28H36N4O3. The van der Waals surface area contributed by atoms with Gasteiger partial charge in [0.1, 0.15) is 11.2 Å². The van der Waals surface area contributed by atoms with Crippen LogP contribution < -0.4 is 10.6 Å². The summed E-state index contributed by atoms with van der Waals surface area (Å²) in [6.07, 6.45) is 11.9. The highest BCUT2D eigenvalue weighted by atomic mass is 16.2. The monoisotopic (exact) mass is 476 g/mol. The van der Waals surface area contributed by atoms with Gasteiger partial charge in [0.15, 0.2) is 0 Å². The van der Waals surface area contributed by atoms with Crippen LogP contribution in [0.3, 0.4) is 0 Å². The number of hydrogen-bond acceptors (Lipinski definition) is 3. The van der Waals surface area contributed by atoms with Gasteiger partial charge < -0.3 is 20.1 Å². The molecule has 1 aromatic heterocycles. The Kier molecular flexibility index (Phi) is 6.43.